The van der Waals surface area contributed by atoms with Gasteiger partial charge in [0, 0.05) is 0 Å². The molecule has 6 N–H and O–H groups in total. The molecule has 12 heavy (non-hydrogen) atoms. The normalized spacial score (nSPS) is 22.6. The first-order valence-corrected chi connectivity index (χ1v) is 3.45. The van der Waals surface area contributed by atoms with Gasteiger partial charge in [-0.15, -0.1) is 0 Å². The maximum atomic E-state index is 9.08. The number of hydrogen-bond acceptors (Lipinski definition) is 6. The van der Waals surface area contributed by atoms with Crippen LogP contribution in [0.25, 0.3) is 0 Å². The summed E-state index contributed by atoms with van der Waals surface area (Å²) in [6.07, 6.45) is -6.34. The van der Waals surface area contributed by atoms with Gasteiger partial charge in [-0.05, 0) is 0 Å². The number of hydrogen-bond donors (Lipinski definition) is 6. The Morgan fingerprint density at radius 1 is 0.917 bits per heavy atom. The van der Waals surface area contributed by atoms with Crippen LogP contribution in [-0.4, -0.2) is 69.7 Å². The van der Waals surface area contributed by atoms with Crippen molar-refractivity contribution in [2.24, 2.45) is 0 Å². The molecule has 0 radical (unpaired) electrons. The molecule has 0 rings (SSSR count). The van der Waals surface area contributed by atoms with E-state index in [1.807, 2.05) is 0 Å². The summed E-state index contributed by atoms with van der Waals surface area (Å²) in [7, 11) is 0. The molecule has 0 heterocycles. The highest BCUT2D eigenvalue weighted by molar-refractivity contribution is 4.79. The molecule has 0 bridgehead atoms. The lowest BCUT2D eigenvalue weighted by Crippen LogP contribution is -2.46. The smallest absolute Gasteiger partial charge is 0.210 e. The SMILES string of the molecule is [2H]OC[C@@H](O)[C@@H](O)[C@H](O)[C@H](O)CO. The summed E-state index contributed by atoms with van der Waals surface area (Å²) in [6, 6.07) is 0. The molecule has 0 fully saturated rings. The monoisotopic (exact) mass is 183 g/mol. The van der Waals surface area contributed by atoms with Crippen LogP contribution in [0.3, 0.4) is 0 Å². The summed E-state index contributed by atoms with van der Waals surface area (Å²) < 4.78 is 6.25. The van der Waals surface area contributed by atoms with Crippen molar-refractivity contribution in [1.82, 2.24) is 0 Å². The highest BCUT2D eigenvalue weighted by Gasteiger charge is 2.29. The Labute approximate surface area is 70.8 Å². The van der Waals surface area contributed by atoms with Gasteiger partial charge >= 0.3 is 0 Å². The molecule has 74 valence electrons. The molecule has 0 aromatic heterocycles. The minimum Gasteiger partial charge on any atom is -0.394 e. The van der Waals surface area contributed by atoms with Crippen LogP contribution in [0.4, 0.5) is 0 Å². The summed E-state index contributed by atoms with van der Waals surface area (Å²) >= 11 is 0. The summed E-state index contributed by atoms with van der Waals surface area (Å²) in [5.74, 6) is 0. The van der Waals surface area contributed by atoms with Crippen molar-refractivity contribution < 1.29 is 30.6 Å². The van der Waals surface area contributed by atoms with E-state index < -0.39 is 37.6 Å². The first-order chi connectivity index (χ1) is 6.04. The van der Waals surface area contributed by atoms with Crippen molar-refractivity contribution in [3.63, 3.8) is 0 Å². The molecule has 0 amide bonds. The van der Waals surface area contributed by atoms with E-state index in [1.165, 1.54) is 0 Å². The third kappa shape index (κ3) is 3.02. The standard InChI is InChI=1S/C6H14O6/c7-1-3(9)5(11)6(12)4(10)2-8/h3-12H,1-2H2/t3-,4-,5-,6-/m1/s1/i7D. The van der Waals surface area contributed by atoms with E-state index in [2.05, 4.69) is 5.11 Å². The van der Waals surface area contributed by atoms with E-state index in [-0.39, 0.29) is 0 Å². The Balaban J connectivity index is 3.99. The van der Waals surface area contributed by atoms with Crippen LogP contribution in [0.5, 0.6) is 0 Å². The molecule has 6 nitrogen and oxygen atoms in total. The first-order valence-electron chi connectivity index (χ1n) is 3.86. The Morgan fingerprint density at radius 2 is 1.33 bits per heavy atom. The second-order valence-corrected chi connectivity index (χ2v) is 2.47. The third-order valence-corrected chi connectivity index (χ3v) is 1.50. The summed E-state index contributed by atoms with van der Waals surface area (Å²) in [5.41, 5.74) is 0. The van der Waals surface area contributed by atoms with Gasteiger partial charge in [0.2, 0.25) is 1.43 Å². The van der Waals surface area contributed by atoms with Crippen LogP contribution in [-0.2, 0) is 0 Å². The van der Waals surface area contributed by atoms with Crippen LogP contribution >= 0.6 is 0 Å². The van der Waals surface area contributed by atoms with E-state index in [0.717, 1.165) is 0 Å². The minimum absolute atomic E-state index is 0.490. The Kier molecular flexibility index (Phi) is 4.44. The largest absolute Gasteiger partial charge is 0.394 e. The van der Waals surface area contributed by atoms with Gasteiger partial charge in [0.1, 0.15) is 24.4 Å². The van der Waals surface area contributed by atoms with Gasteiger partial charge in [-0.25, -0.2) is 0 Å². The highest BCUT2D eigenvalue weighted by Crippen LogP contribution is 2.03. The minimum atomic E-state index is -1.67. The van der Waals surface area contributed by atoms with Gasteiger partial charge < -0.3 is 30.6 Å². The van der Waals surface area contributed by atoms with Crippen molar-refractivity contribution in [3.8, 4) is 0 Å². The molecule has 0 aliphatic heterocycles. The second-order valence-electron chi connectivity index (χ2n) is 2.47. The zero-order valence-corrected chi connectivity index (χ0v) is 6.37. The van der Waals surface area contributed by atoms with Crippen LogP contribution in [0, 0.1) is 0 Å². The zero-order chi connectivity index (χ0) is 10.4. The average molecular weight is 183 g/mol. The maximum absolute atomic E-state index is 9.08. The maximum Gasteiger partial charge on any atom is 0.210 e. The van der Waals surface area contributed by atoms with E-state index >= 15 is 0 Å². The van der Waals surface area contributed by atoms with Crippen molar-refractivity contribution >= 4 is 0 Å². The van der Waals surface area contributed by atoms with Gasteiger partial charge in [-0.1, -0.05) is 0 Å². The molecule has 0 saturated carbocycles. The zero-order valence-electron chi connectivity index (χ0n) is 7.37. The average Bonchev–Trinajstić information content (AvgIpc) is 2.14. The predicted molar refractivity (Wildman–Crippen MR) is 38.2 cm³/mol. The predicted octanol–water partition coefficient (Wildman–Crippen LogP) is -3.59. The van der Waals surface area contributed by atoms with E-state index in [4.69, 9.17) is 27.0 Å². The number of aliphatic hydroxyl groups excluding tert-OH is 6. The van der Waals surface area contributed by atoms with E-state index in [0.29, 0.717) is 0 Å². The van der Waals surface area contributed by atoms with Crippen LogP contribution < -0.4 is 0 Å². The molecule has 0 aromatic rings. The first kappa shape index (κ1) is 9.85. The molecule has 6 heteroatoms. The lowest BCUT2D eigenvalue weighted by Gasteiger charge is -2.24. The fraction of sp³-hybridized carbons (Fsp3) is 1.00. The quantitative estimate of drug-likeness (QED) is 0.253. The van der Waals surface area contributed by atoms with Crippen LogP contribution in [0.2, 0.25) is 0 Å². The Morgan fingerprint density at radius 3 is 1.67 bits per heavy atom. The van der Waals surface area contributed by atoms with Crippen molar-refractivity contribution in [2.75, 3.05) is 13.2 Å². The number of rotatable bonds is 6. The molecule has 0 saturated heterocycles. The summed E-state index contributed by atoms with van der Waals surface area (Å²) in [5, 5.41) is 48.1. The summed E-state index contributed by atoms with van der Waals surface area (Å²) in [4.78, 5) is 0. The third-order valence-electron chi connectivity index (χ3n) is 1.50. The van der Waals surface area contributed by atoms with Gasteiger partial charge in [0.05, 0.1) is 13.2 Å². The van der Waals surface area contributed by atoms with Crippen molar-refractivity contribution in [1.29, 1.82) is 1.43 Å². The fourth-order valence-corrected chi connectivity index (χ4v) is 0.662. The summed E-state index contributed by atoms with van der Waals surface area (Å²) in [6.45, 7) is -1.22. The van der Waals surface area contributed by atoms with E-state index in [9.17, 15) is 0 Å². The molecule has 0 unspecified atom stereocenters. The van der Waals surface area contributed by atoms with Crippen LogP contribution in [0.15, 0.2) is 0 Å². The molecule has 4 atom stereocenters. The van der Waals surface area contributed by atoms with E-state index in [1.54, 1.807) is 0 Å². The molecular formula is C6H14O6. The van der Waals surface area contributed by atoms with Gasteiger partial charge in [0.15, 0.2) is 0 Å². The van der Waals surface area contributed by atoms with Crippen molar-refractivity contribution in [2.45, 2.75) is 24.4 Å². The number of aliphatic hydroxyl groups is 6. The molecule has 0 aliphatic rings. The molecule has 0 spiro atoms. The molecule has 0 aliphatic carbocycles. The Hall–Kier alpha value is -0.240. The van der Waals surface area contributed by atoms with Crippen molar-refractivity contribution in [3.05, 3.63) is 0 Å². The van der Waals surface area contributed by atoms with Gasteiger partial charge in [0.25, 0.3) is 0 Å². The second kappa shape index (κ2) is 5.41. The molecule has 0 aromatic carbocycles. The topological polar surface area (TPSA) is 121 Å². The van der Waals surface area contributed by atoms with Crippen LogP contribution in [0.1, 0.15) is 0 Å². The highest BCUT2D eigenvalue weighted by atomic mass is 16.4. The lowest BCUT2D eigenvalue weighted by atomic mass is 10.0. The fourth-order valence-electron chi connectivity index (χ4n) is 0.662. The van der Waals surface area contributed by atoms with Gasteiger partial charge in [-0.3, -0.25) is 0 Å². The molecular weight excluding hydrogens is 168 g/mol. The Bertz CT molecular complexity index is 134. The lowest BCUT2D eigenvalue weighted by molar-refractivity contribution is -0.123. The van der Waals surface area contributed by atoms with Gasteiger partial charge in [-0.2, -0.15) is 0 Å².